The van der Waals surface area contributed by atoms with Crippen LogP contribution in [0.1, 0.15) is 35.5 Å². The molecule has 4 rings (SSSR count). The van der Waals surface area contributed by atoms with Gasteiger partial charge in [-0.1, -0.05) is 24.3 Å². The van der Waals surface area contributed by atoms with E-state index < -0.39 is 6.04 Å². The molecule has 0 bridgehead atoms. The number of fused-ring (bicyclic) bond motifs is 1. The van der Waals surface area contributed by atoms with Crippen LogP contribution in [0.2, 0.25) is 0 Å². The van der Waals surface area contributed by atoms with Gasteiger partial charge in [0.15, 0.2) is 5.76 Å². The van der Waals surface area contributed by atoms with E-state index in [1.807, 2.05) is 43.0 Å². The summed E-state index contributed by atoms with van der Waals surface area (Å²) in [5, 5.41) is 0. The van der Waals surface area contributed by atoms with Gasteiger partial charge >= 0.3 is 0 Å². The fourth-order valence-electron chi connectivity index (χ4n) is 4.07. The molecule has 0 spiro atoms. The minimum atomic E-state index is -0.532. The topological polar surface area (TPSA) is 63.0 Å². The molecule has 1 aromatic heterocycles. The Morgan fingerprint density at radius 3 is 2.37 bits per heavy atom. The average molecular weight is 368 g/mol. The number of hydrogen-bond donors (Lipinski definition) is 0. The standard InChI is InChI=1S/C21H24N2O4/c1-14-11-22(12-15(2)27-14)20(24)18-10-16-6-3-4-7-17(16)13-23(18)21(25)19-8-5-9-26-19/h3-9,14-15,18H,10-13H2,1-2H3. The SMILES string of the molecule is CC1CN(C(=O)C2Cc3ccccc3CN2C(=O)c2ccco2)CC(C)O1. The third-order valence-electron chi connectivity index (χ3n) is 5.26. The smallest absolute Gasteiger partial charge is 0.290 e. The van der Waals surface area contributed by atoms with Crippen molar-refractivity contribution < 1.29 is 18.7 Å². The van der Waals surface area contributed by atoms with Crippen molar-refractivity contribution in [3.63, 3.8) is 0 Å². The predicted molar refractivity (Wildman–Crippen MR) is 99.1 cm³/mol. The van der Waals surface area contributed by atoms with Crippen LogP contribution in [0.3, 0.4) is 0 Å². The third-order valence-corrected chi connectivity index (χ3v) is 5.26. The van der Waals surface area contributed by atoms with Crippen LogP contribution in [0.25, 0.3) is 0 Å². The molecule has 1 aromatic carbocycles. The average Bonchev–Trinajstić information content (AvgIpc) is 3.20. The molecule has 1 saturated heterocycles. The molecule has 2 aliphatic rings. The summed E-state index contributed by atoms with van der Waals surface area (Å²) >= 11 is 0. The fraction of sp³-hybridized carbons (Fsp3) is 0.429. The zero-order valence-corrected chi connectivity index (χ0v) is 15.6. The highest BCUT2D eigenvalue weighted by atomic mass is 16.5. The van der Waals surface area contributed by atoms with Gasteiger partial charge in [0.05, 0.1) is 18.5 Å². The van der Waals surface area contributed by atoms with Crippen molar-refractivity contribution in [2.75, 3.05) is 13.1 Å². The number of ether oxygens (including phenoxy) is 1. The van der Waals surface area contributed by atoms with E-state index in [4.69, 9.17) is 9.15 Å². The molecule has 6 nitrogen and oxygen atoms in total. The molecule has 2 aromatic rings. The van der Waals surface area contributed by atoms with Crippen molar-refractivity contribution in [2.45, 2.75) is 45.1 Å². The third kappa shape index (κ3) is 3.49. The van der Waals surface area contributed by atoms with E-state index in [2.05, 4.69) is 0 Å². The predicted octanol–water partition coefficient (Wildman–Crippen LogP) is 2.48. The molecule has 142 valence electrons. The van der Waals surface area contributed by atoms with Gasteiger partial charge in [0, 0.05) is 26.1 Å². The second-order valence-corrected chi connectivity index (χ2v) is 7.40. The van der Waals surface area contributed by atoms with Crippen LogP contribution < -0.4 is 0 Å². The number of carbonyl (C=O) groups is 2. The highest BCUT2D eigenvalue weighted by Gasteiger charge is 2.39. The van der Waals surface area contributed by atoms with Crippen molar-refractivity contribution in [3.05, 3.63) is 59.5 Å². The van der Waals surface area contributed by atoms with Crippen LogP contribution in [0.5, 0.6) is 0 Å². The normalized spacial score (nSPS) is 25.2. The Morgan fingerprint density at radius 1 is 1.00 bits per heavy atom. The van der Waals surface area contributed by atoms with Crippen LogP contribution in [0.4, 0.5) is 0 Å². The lowest BCUT2D eigenvalue weighted by Crippen LogP contribution is -2.57. The Hall–Kier alpha value is -2.60. The summed E-state index contributed by atoms with van der Waals surface area (Å²) in [6.07, 6.45) is 1.97. The maximum Gasteiger partial charge on any atom is 0.290 e. The number of amides is 2. The van der Waals surface area contributed by atoms with E-state index >= 15 is 0 Å². The molecule has 3 heterocycles. The molecule has 1 fully saturated rings. The second kappa shape index (κ2) is 7.19. The Labute approximate surface area is 158 Å². The largest absolute Gasteiger partial charge is 0.459 e. The van der Waals surface area contributed by atoms with Crippen LogP contribution in [0.15, 0.2) is 47.1 Å². The Bertz CT molecular complexity index is 822. The van der Waals surface area contributed by atoms with Gasteiger partial charge in [-0.2, -0.15) is 0 Å². The first-order valence-electron chi connectivity index (χ1n) is 9.38. The summed E-state index contributed by atoms with van der Waals surface area (Å²) in [6.45, 7) is 5.44. The van der Waals surface area contributed by atoms with Crippen molar-refractivity contribution >= 4 is 11.8 Å². The van der Waals surface area contributed by atoms with E-state index in [-0.39, 0.29) is 29.8 Å². The van der Waals surface area contributed by atoms with Crippen molar-refractivity contribution in [1.82, 2.24) is 9.80 Å². The minimum Gasteiger partial charge on any atom is -0.459 e. The maximum absolute atomic E-state index is 13.4. The first-order valence-corrected chi connectivity index (χ1v) is 9.38. The van der Waals surface area contributed by atoms with Crippen LogP contribution >= 0.6 is 0 Å². The molecule has 27 heavy (non-hydrogen) atoms. The fourth-order valence-corrected chi connectivity index (χ4v) is 4.07. The molecule has 0 saturated carbocycles. The van der Waals surface area contributed by atoms with E-state index in [0.29, 0.717) is 26.1 Å². The van der Waals surface area contributed by atoms with Gasteiger partial charge in [0.25, 0.3) is 5.91 Å². The number of furan rings is 1. The number of rotatable bonds is 2. The molecule has 3 unspecified atom stereocenters. The van der Waals surface area contributed by atoms with E-state index in [1.165, 1.54) is 6.26 Å². The van der Waals surface area contributed by atoms with Crippen LogP contribution in [-0.2, 0) is 22.5 Å². The van der Waals surface area contributed by atoms with Gasteiger partial charge in [-0.25, -0.2) is 0 Å². The summed E-state index contributed by atoms with van der Waals surface area (Å²) in [5.74, 6) is -0.00971. The minimum absolute atomic E-state index is 0.0113. The molecule has 0 aliphatic carbocycles. The van der Waals surface area contributed by atoms with Crippen LogP contribution in [0, 0.1) is 0 Å². The van der Waals surface area contributed by atoms with Gasteiger partial charge in [-0.3, -0.25) is 9.59 Å². The molecule has 0 N–H and O–H groups in total. The van der Waals surface area contributed by atoms with Crippen LogP contribution in [-0.4, -0.2) is 53.0 Å². The first kappa shape index (κ1) is 17.8. The Kier molecular flexibility index (Phi) is 4.74. The Balaban J connectivity index is 1.64. The number of nitrogens with zero attached hydrogens (tertiary/aromatic N) is 2. The van der Waals surface area contributed by atoms with Gasteiger partial charge in [-0.15, -0.1) is 0 Å². The molecule has 0 radical (unpaired) electrons. The summed E-state index contributed by atoms with van der Waals surface area (Å²) in [7, 11) is 0. The lowest BCUT2D eigenvalue weighted by atomic mass is 9.92. The van der Waals surface area contributed by atoms with Gasteiger partial charge in [-0.05, 0) is 37.1 Å². The number of benzene rings is 1. The molecule has 6 heteroatoms. The molecule has 2 amide bonds. The molecular formula is C21H24N2O4. The number of hydrogen-bond acceptors (Lipinski definition) is 4. The second-order valence-electron chi connectivity index (χ2n) is 7.40. The number of morpholine rings is 1. The zero-order chi connectivity index (χ0) is 19.0. The van der Waals surface area contributed by atoms with E-state index in [9.17, 15) is 9.59 Å². The van der Waals surface area contributed by atoms with Crippen molar-refractivity contribution in [3.8, 4) is 0 Å². The number of carbonyl (C=O) groups excluding carboxylic acids is 2. The maximum atomic E-state index is 13.4. The summed E-state index contributed by atoms with van der Waals surface area (Å²) in [6, 6.07) is 10.8. The van der Waals surface area contributed by atoms with Gasteiger partial charge in [0.2, 0.25) is 5.91 Å². The Morgan fingerprint density at radius 2 is 1.70 bits per heavy atom. The lowest BCUT2D eigenvalue weighted by molar-refractivity contribution is -0.148. The highest BCUT2D eigenvalue weighted by molar-refractivity contribution is 5.96. The van der Waals surface area contributed by atoms with Crippen molar-refractivity contribution in [2.24, 2.45) is 0 Å². The summed E-state index contributed by atoms with van der Waals surface area (Å²) < 4.78 is 11.1. The summed E-state index contributed by atoms with van der Waals surface area (Å²) in [4.78, 5) is 29.9. The highest BCUT2D eigenvalue weighted by Crippen LogP contribution is 2.27. The quantitative estimate of drug-likeness (QED) is 0.817. The van der Waals surface area contributed by atoms with E-state index in [1.54, 1.807) is 17.0 Å². The first-order chi connectivity index (χ1) is 13.0. The van der Waals surface area contributed by atoms with E-state index in [0.717, 1.165) is 11.1 Å². The van der Waals surface area contributed by atoms with Crippen molar-refractivity contribution in [1.29, 1.82) is 0 Å². The summed E-state index contributed by atoms with van der Waals surface area (Å²) in [5.41, 5.74) is 2.19. The molecular weight excluding hydrogens is 344 g/mol. The lowest BCUT2D eigenvalue weighted by Gasteiger charge is -2.41. The molecule has 2 aliphatic heterocycles. The zero-order valence-electron chi connectivity index (χ0n) is 15.6. The van der Waals surface area contributed by atoms with Gasteiger partial charge < -0.3 is 19.0 Å². The van der Waals surface area contributed by atoms with Gasteiger partial charge in [0.1, 0.15) is 6.04 Å². The molecule has 3 atom stereocenters. The monoisotopic (exact) mass is 368 g/mol.